The van der Waals surface area contributed by atoms with Crippen molar-refractivity contribution in [1.29, 1.82) is 0 Å². The van der Waals surface area contributed by atoms with E-state index in [2.05, 4.69) is 5.32 Å². The SMILES string of the molecule is CCC(=O)C(C)NC(=O)Cc1cccc(F)c1F. The summed E-state index contributed by atoms with van der Waals surface area (Å²) in [6.07, 6.45) is 0.0285. The van der Waals surface area contributed by atoms with Crippen molar-refractivity contribution < 1.29 is 18.4 Å². The van der Waals surface area contributed by atoms with Crippen molar-refractivity contribution in [2.45, 2.75) is 32.7 Å². The lowest BCUT2D eigenvalue weighted by molar-refractivity contribution is -0.126. The van der Waals surface area contributed by atoms with E-state index >= 15 is 0 Å². The number of rotatable bonds is 5. The van der Waals surface area contributed by atoms with Gasteiger partial charge in [-0.3, -0.25) is 9.59 Å². The molecular formula is C13H15F2NO2. The maximum atomic E-state index is 13.3. The molecule has 0 aliphatic heterocycles. The Kier molecular flexibility index (Phi) is 4.95. The Morgan fingerprint density at radius 2 is 2.00 bits per heavy atom. The van der Waals surface area contributed by atoms with Crippen molar-refractivity contribution in [2.75, 3.05) is 0 Å². The molecule has 0 aromatic heterocycles. The first-order chi connectivity index (χ1) is 8.45. The highest BCUT2D eigenvalue weighted by Gasteiger charge is 2.16. The molecular weight excluding hydrogens is 240 g/mol. The number of halogens is 2. The monoisotopic (exact) mass is 255 g/mol. The third-order valence-electron chi connectivity index (χ3n) is 2.59. The summed E-state index contributed by atoms with van der Waals surface area (Å²) >= 11 is 0. The van der Waals surface area contributed by atoms with E-state index in [-0.39, 0.29) is 17.8 Å². The normalized spacial score (nSPS) is 12.0. The smallest absolute Gasteiger partial charge is 0.225 e. The van der Waals surface area contributed by atoms with Crippen molar-refractivity contribution in [3.8, 4) is 0 Å². The summed E-state index contributed by atoms with van der Waals surface area (Å²) in [5, 5.41) is 2.45. The van der Waals surface area contributed by atoms with Crippen molar-refractivity contribution in [3.05, 3.63) is 35.4 Å². The second-order valence-corrected chi connectivity index (χ2v) is 4.00. The third-order valence-corrected chi connectivity index (χ3v) is 2.59. The maximum Gasteiger partial charge on any atom is 0.225 e. The van der Waals surface area contributed by atoms with Crippen molar-refractivity contribution in [2.24, 2.45) is 0 Å². The Balaban J connectivity index is 2.65. The Morgan fingerprint density at radius 3 is 2.61 bits per heavy atom. The van der Waals surface area contributed by atoms with Crippen LogP contribution in [0.3, 0.4) is 0 Å². The molecule has 18 heavy (non-hydrogen) atoms. The molecule has 0 aliphatic rings. The summed E-state index contributed by atoms with van der Waals surface area (Å²) in [6, 6.07) is 3.05. The van der Waals surface area contributed by atoms with Crippen LogP contribution in [-0.2, 0) is 16.0 Å². The van der Waals surface area contributed by atoms with Gasteiger partial charge in [0.1, 0.15) is 0 Å². The van der Waals surface area contributed by atoms with Gasteiger partial charge < -0.3 is 5.32 Å². The molecule has 1 atom stereocenters. The molecule has 0 radical (unpaired) electrons. The lowest BCUT2D eigenvalue weighted by Gasteiger charge is -2.12. The van der Waals surface area contributed by atoms with E-state index in [9.17, 15) is 18.4 Å². The molecule has 0 bridgehead atoms. The number of benzene rings is 1. The topological polar surface area (TPSA) is 46.2 Å². The predicted molar refractivity (Wildman–Crippen MR) is 63.0 cm³/mol. The third kappa shape index (κ3) is 3.61. The minimum absolute atomic E-state index is 0.0244. The van der Waals surface area contributed by atoms with Crippen LogP contribution in [0, 0.1) is 11.6 Å². The summed E-state index contributed by atoms with van der Waals surface area (Å²) in [6.45, 7) is 3.25. The van der Waals surface area contributed by atoms with Crippen LogP contribution >= 0.6 is 0 Å². The van der Waals surface area contributed by atoms with E-state index in [1.54, 1.807) is 13.8 Å². The second-order valence-electron chi connectivity index (χ2n) is 4.00. The van der Waals surface area contributed by atoms with Crippen LogP contribution in [0.1, 0.15) is 25.8 Å². The Morgan fingerprint density at radius 1 is 1.33 bits per heavy atom. The Labute approximate surface area is 104 Å². The van der Waals surface area contributed by atoms with Crippen LogP contribution in [0.15, 0.2) is 18.2 Å². The van der Waals surface area contributed by atoms with Gasteiger partial charge >= 0.3 is 0 Å². The Hall–Kier alpha value is -1.78. The van der Waals surface area contributed by atoms with Gasteiger partial charge in [-0.25, -0.2) is 8.78 Å². The van der Waals surface area contributed by atoms with Gasteiger partial charge in [-0.05, 0) is 13.0 Å². The first-order valence-corrected chi connectivity index (χ1v) is 5.70. The molecule has 1 amide bonds. The van der Waals surface area contributed by atoms with Crippen LogP contribution in [0.25, 0.3) is 0 Å². The number of Topliss-reactive ketones (excluding diaryl/α,β-unsaturated/α-hetero) is 1. The van der Waals surface area contributed by atoms with Gasteiger partial charge in [0.2, 0.25) is 5.91 Å². The number of carbonyl (C=O) groups is 2. The van der Waals surface area contributed by atoms with Gasteiger partial charge in [0.25, 0.3) is 0 Å². The molecule has 0 fully saturated rings. The van der Waals surface area contributed by atoms with Crippen molar-refractivity contribution >= 4 is 11.7 Å². The zero-order chi connectivity index (χ0) is 13.7. The van der Waals surface area contributed by atoms with E-state index in [0.29, 0.717) is 6.42 Å². The molecule has 98 valence electrons. The highest BCUT2D eigenvalue weighted by atomic mass is 19.2. The quantitative estimate of drug-likeness (QED) is 0.874. The van der Waals surface area contributed by atoms with Gasteiger partial charge in [-0.15, -0.1) is 0 Å². The molecule has 1 unspecified atom stereocenters. The van der Waals surface area contributed by atoms with Crippen LogP contribution in [0.4, 0.5) is 8.78 Å². The lowest BCUT2D eigenvalue weighted by atomic mass is 10.1. The largest absolute Gasteiger partial charge is 0.346 e. The van der Waals surface area contributed by atoms with Crippen molar-refractivity contribution in [1.82, 2.24) is 5.32 Å². The molecule has 0 aliphatic carbocycles. The van der Waals surface area contributed by atoms with Crippen LogP contribution in [-0.4, -0.2) is 17.7 Å². The summed E-state index contributed by atoms with van der Waals surface area (Å²) in [5.74, 6) is -2.63. The molecule has 1 aromatic carbocycles. The summed E-state index contributed by atoms with van der Waals surface area (Å²) in [4.78, 5) is 22.8. The van der Waals surface area contributed by atoms with E-state index < -0.39 is 23.6 Å². The molecule has 0 saturated heterocycles. The standard InChI is InChI=1S/C13H15F2NO2/c1-3-11(17)8(2)16-12(18)7-9-5-4-6-10(14)13(9)15/h4-6,8H,3,7H2,1-2H3,(H,16,18). The van der Waals surface area contributed by atoms with Gasteiger partial charge in [0.15, 0.2) is 17.4 Å². The number of carbonyl (C=O) groups excluding carboxylic acids is 2. The average molecular weight is 255 g/mol. The lowest BCUT2D eigenvalue weighted by Crippen LogP contribution is -2.39. The van der Waals surface area contributed by atoms with Gasteiger partial charge in [-0.2, -0.15) is 0 Å². The number of ketones is 1. The fourth-order valence-corrected chi connectivity index (χ4v) is 1.54. The minimum atomic E-state index is -1.03. The van der Waals surface area contributed by atoms with E-state index in [1.807, 2.05) is 0 Å². The molecule has 0 heterocycles. The van der Waals surface area contributed by atoms with Crippen molar-refractivity contribution in [3.63, 3.8) is 0 Å². The van der Waals surface area contributed by atoms with Gasteiger partial charge in [0, 0.05) is 12.0 Å². The highest BCUT2D eigenvalue weighted by Crippen LogP contribution is 2.11. The predicted octanol–water partition coefficient (Wildman–Crippen LogP) is 1.99. The van der Waals surface area contributed by atoms with E-state index in [0.717, 1.165) is 6.07 Å². The molecule has 1 N–H and O–H groups in total. The number of nitrogens with one attached hydrogen (secondary N) is 1. The highest BCUT2D eigenvalue weighted by molar-refractivity contribution is 5.89. The van der Waals surface area contributed by atoms with E-state index in [4.69, 9.17) is 0 Å². The fourth-order valence-electron chi connectivity index (χ4n) is 1.54. The van der Waals surface area contributed by atoms with E-state index in [1.165, 1.54) is 12.1 Å². The number of hydrogen-bond donors (Lipinski definition) is 1. The zero-order valence-electron chi connectivity index (χ0n) is 10.3. The summed E-state index contributed by atoms with van der Waals surface area (Å²) in [7, 11) is 0. The average Bonchev–Trinajstić information content (AvgIpc) is 2.33. The van der Waals surface area contributed by atoms with Crippen LogP contribution in [0.5, 0.6) is 0 Å². The number of hydrogen-bond acceptors (Lipinski definition) is 2. The first kappa shape index (κ1) is 14.3. The molecule has 1 rings (SSSR count). The number of amides is 1. The van der Waals surface area contributed by atoms with Crippen LogP contribution in [0.2, 0.25) is 0 Å². The van der Waals surface area contributed by atoms with Crippen LogP contribution < -0.4 is 5.32 Å². The molecule has 0 saturated carbocycles. The summed E-state index contributed by atoms with van der Waals surface area (Å²) in [5.41, 5.74) is -0.0244. The maximum absolute atomic E-state index is 13.3. The zero-order valence-corrected chi connectivity index (χ0v) is 10.3. The molecule has 3 nitrogen and oxygen atoms in total. The van der Waals surface area contributed by atoms with Gasteiger partial charge in [-0.1, -0.05) is 19.1 Å². The van der Waals surface area contributed by atoms with Gasteiger partial charge in [0.05, 0.1) is 12.5 Å². The molecule has 0 spiro atoms. The Bertz CT molecular complexity index is 460. The minimum Gasteiger partial charge on any atom is -0.346 e. The fraction of sp³-hybridized carbons (Fsp3) is 0.385. The summed E-state index contributed by atoms with van der Waals surface area (Å²) < 4.78 is 26.2. The molecule has 1 aromatic rings. The first-order valence-electron chi connectivity index (χ1n) is 5.70. The second kappa shape index (κ2) is 6.23. The molecule has 5 heteroatoms.